The van der Waals surface area contributed by atoms with E-state index < -0.39 is 0 Å². The molecule has 7 rings (SSSR count). The minimum Gasteiger partial charge on any atom is -0.374 e. The fraction of sp³-hybridized carbons (Fsp3) is 0.139. The molecule has 1 atom stereocenters. The molecule has 2 heterocycles. The Bertz CT molecular complexity index is 1910. The van der Waals surface area contributed by atoms with E-state index in [1.165, 1.54) is 33.7 Å². The molecule has 1 amide bonds. The maximum Gasteiger partial charge on any atom is 0.262 e. The highest BCUT2D eigenvalue weighted by Gasteiger charge is 2.17. The number of hydrogen-bond acceptors (Lipinski definition) is 4. The molecule has 208 valence electrons. The van der Waals surface area contributed by atoms with Crippen LogP contribution >= 0.6 is 0 Å². The van der Waals surface area contributed by atoms with Gasteiger partial charge in [-0.2, -0.15) is 0 Å². The molecular formula is C36H31N3O3. The third kappa shape index (κ3) is 5.85. The Morgan fingerprint density at radius 1 is 0.810 bits per heavy atom. The molecule has 0 radical (unpaired) electrons. The van der Waals surface area contributed by atoms with Gasteiger partial charge in [0.05, 0.1) is 17.0 Å². The van der Waals surface area contributed by atoms with Crippen LogP contribution in [-0.4, -0.2) is 22.1 Å². The minimum absolute atomic E-state index is 0.206. The maximum absolute atomic E-state index is 12.7. The quantitative estimate of drug-likeness (QED) is 0.245. The standard InChI is InChI=1S/C22H17N3O2.C14H14O/c1-25-21(27)18-13-12-17(15-8-4-2-5-9-15)14-19(18)23-22(25)24-20(26)16-10-6-3-7-11-16;1-2-5-12-10-13(8-7-11(12)4-1)14-6-3-9-15-14/h2-14H,1H3,(H,23,24,26);1-2,4-5,7-8,10,14H,3,6,9H2/t;14-/m.0/s1. The molecule has 1 aliphatic rings. The highest BCUT2D eigenvalue weighted by Crippen LogP contribution is 2.30. The van der Waals surface area contributed by atoms with Crippen molar-refractivity contribution < 1.29 is 9.53 Å². The molecule has 1 N–H and O–H groups in total. The zero-order chi connectivity index (χ0) is 28.9. The van der Waals surface area contributed by atoms with Crippen molar-refractivity contribution in [2.75, 3.05) is 11.9 Å². The second-order valence-corrected chi connectivity index (χ2v) is 10.3. The van der Waals surface area contributed by atoms with E-state index in [4.69, 9.17) is 4.74 Å². The van der Waals surface area contributed by atoms with E-state index in [9.17, 15) is 9.59 Å². The molecule has 1 aromatic heterocycles. The number of benzene rings is 5. The van der Waals surface area contributed by atoms with E-state index in [2.05, 4.69) is 52.8 Å². The summed E-state index contributed by atoms with van der Waals surface area (Å²) >= 11 is 0. The van der Waals surface area contributed by atoms with Crippen LogP contribution in [0.25, 0.3) is 32.8 Å². The highest BCUT2D eigenvalue weighted by atomic mass is 16.5. The number of nitrogens with one attached hydrogen (secondary N) is 1. The van der Waals surface area contributed by atoms with Crippen LogP contribution < -0.4 is 10.9 Å². The SMILES string of the molecule is Cn1c(NC(=O)c2ccccc2)nc2cc(-c3ccccc3)ccc2c1=O.c1ccc2cc([C@@H]3CCCO3)ccc2c1. The van der Waals surface area contributed by atoms with Gasteiger partial charge in [-0.15, -0.1) is 0 Å². The van der Waals surface area contributed by atoms with Gasteiger partial charge < -0.3 is 4.74 Å². The number of amides is 1. The number of nitrogens with zero attached hydrogens (tertiary/aromatic N) is 2. The fourth-order valence-corrected chi connectivity index (χ4v) is 5.20. The summed E-state index contributed by atoms with van der Waals surface area (Å²) in [7, 11) is 1.60. The Morgan fingerprint density at radius 3 is 2.26 bits per heavy atom. The van der Waals surface area contributed by atoms with Gasteiger partial charge in [0.1, 0.15) is 0 Å². The van der Waals surface area contributed by atoms with Gasteiger partial charge in [-0.3, -0.25) is 19.5 Å². The number of carbonyl (C=O) groups is 1. The summed E-state index contributed by atoms with van der Waals surface area (Å²) < 4.78 is 7.04. The van der Waals surface area contributed by atoms with Gasteiger partial charge in [0, 0.05) is 19.2 Å². The van der Waals surface area contributed by atoms with Crippen molar-refractivity contribution in [2.24, 2.45) is 7.05 Å². The number of carbonyl (C=O) groups excluding carboxylic acids is 1. The predicted molar refractivity (Wildman–Crippen MR) is 169 cm³/mol. The first-order valence-electron chi connectivity index (χ1n) is 14.1. The third-order valence-electron chi connectivity index (χ3n) is 7.52. The molecule has 6 heteroatoms. The number of anilines is 1. The Hall–Kier alpha value is -5.07. The van der Waals surface area contributed by atoms with Crippen LogP contribution in [0.5, 0.6) is 0 Å². The lowest BCUT2D eigenvalue weighted by atomic mass is 10.0. The van der Waals surface area contributed by atoms with Crippen LogP contribution in [0.15, 0.2) is 126 Å². The molecular weight excluding hydrogens is 522 g/mol. The maximum atomic E-state index is 12.7. The summed E-state index contributed by atoms with van der Waals surface area (Å²) in [5.41, 5.74) is 4.17. The Kier molecular flexibility index (Phi) is 7.88. The van der Waals surface area contributed by atoms with Crippen molar-refractivity contribution in [3.8, 4) is 11.1 Å². The van der Waals surface area contributed by atoms with Crippen molar-refractivity contribution in [2.45, 2.75) is 18.9 Å². The first-order chi connectivity index (χ1) is 20.6. The topological polar surface area (TPSA) is 73.2 Å². The summed E-state index contributed by atoms with van der Waals surface area (Å²) in [6.07, 6.45) is 2.69. The van der Waals surface area contributed by atoms with E-state index in [0.717, 1.165) is 17.7 Å². The van der Waals surface area contributed by atoms with Gasteiger partial charge in [0.15, 0.2) is 0 Å². The van der Waals surface area contributed by atoms with Gasteiger partial charge in [0.25, 0.3) is 11.5 Å². The van der Waals surface area contributed by atoms with Crippen LogP contribution in [0.1, 0.15) is 34.9 Å². The van der Waals surface area contributed by atoms with Crippen LogP contribution in [0.3, 0.4) is 0 Å². The minimum atomic E-state index is -0.309. The third-order valence-corrected chi connectivity index (χ3v) is 7.52. The van der Waals surface area contributed by atoms with Gasteiger partial charge in [-0.05, 0) is 70.6 Å². The molecule has 1 aliphatic heterocycles. The normalized spacial score (nSPS) is 14.4. The van der Waals surface area contributed by atoms with Gasteiger partial charge in [-0.1, -0.05) is 91.0 Å². The average Bonchev–Trinajstić information content (AvgIpc) is 3.60. The van der Waals surface area contributed by atoms with E-state index in [1.54, 1.807) is 37.4 Å². The zero-order valence-corrected chi connectivity index (χ0v) is 23.4. The summed E-state index contributed by atoms with van der Waals surface area (Å²) in [6, 6.07) is 39.4. The summed E-state index contributed by atoms with van der Waals surface area (Å²) in [5, 5.41) is 5.86. The second kappa shape index (κ2) is 12.2. The largest absolute Gasteiger partial charge is 0.374 e. The first-order valence-corrected chi connectivity index (χ1v) is 14.1. The molecule has 1 saturated heterocycles. The van der Waals surface area contributed by atoms with E-state index in [0.29, 0.717) is 22.6 Å². The smallest absolute Gasteiger partial charge is 0.262 e. The van der Waals surface area contributed by atoms with Crippen molar-refractivity contribution >= 4 is 33.5 Å². The van der Waals surface area contributed by atoms with E-state index in [1.807, 2.05) is 48.5 Å². The Morgan fingerprint density at radius 2 is 1.52 bits per heavy atom. The predicted octanol–water partition coefficient (Wildman–Crippen LogP) is 7.54. The van der Waals surface area contributed by atoms with Crippen molar-refractivity contribution in [1.29, 1.82) is 0 Å². The van der Waals surface area contributed by atoms with Crippen LogP contribution in [0.4, 0.5) is 5.95 Å². The monoisotopic (exact) mass is 553 g/mol. The highest BCUT2D eigenvalue weighted by molar-refractivity contribution is 6.03. The zero-order valence-electron chi connectivity index (χ0n) is 23.4. The number of hydrogen-bond donors (Lipinski definition) is 1. The fourth-order valence-electron chi connectivity index (χ4n) is 5.20. The van der Waals surface area contributed by atoms with Gasteiger partial charge >= 0.3 is 0 Å². The van der Waals surface area contributed by atoms with Gasteiger partial charge in [-0.25, -0.2) is 4.98 Å². The molecule has 1 fully saturated rings. The summed E-state index contributed by atoms with van der Waals surface area (Å²) in [4.78, 5) is 29.6. The van der Waals surface area contributed by atoms with Gasteiger partial charge in [0.2, 0.25) is 5.95 Å². The van der Waals surface area contributed by atoms with Crippen molar-refractivity contribution in [1.82, 2.24) is 9.55 Å². The molecule has 0 bridgehead atoms. The summed E-state index contributed by atoms with van der Waals surface area (Å²) in [6.45, 7) is 0.914. The lowest BCUT2D eigenvalue weighted by molar-refractivity contribution is 0.102. The van der Waals surface area contributed by atoms with E-state index in [-0.39, 0.29) is 17.4 Å². The number of rotatable bonds is 4. The number of fused-ring (bicyclic) bond motifs is 2. The van der Waals surface area contributed by atoms with Crippen LogP contribution in [0, 0.1) is 0 Å². The lowest BCUT2D eigenvalue weighted by Gasteiger charge is -2.11. The average molecular weight is 554 g/mol. The van der Waals surface area contributed by atoms with E-state index >= 15 is 0 Å². The Balaban J connectivity index is 0.000000177. The van der Waals surface area contributed by atoms with Crippen molar-refractivity contribution in [3.63, 3.8) is 0 Å². The molecule has 5 aromatic carbocycles. The molecule has 0 unspecified atom stereocenters. The summed E-state index contributed by atoms with van der Waals surface area (Å²) in [5.74, 6) is -0.0942. The second-order valence-electron chi connectivity index (χ2n) is 10.3. The first kappa shape index (κ1) is 27.1. The lowest BCUT2D eigenvalue weighted by Crippen LogP contribution is -2.25. The van der Waals surface area contributed by atoms with Crippen LogP contribution in [-0.2, 0) is 11.8 Å². The molecule has 0 saturated carbocycles. The molecule has 42 heavy (non-hydrogen) atoms. The molecule has 6 aromatic rings. The Labute approximate surface area is 244 Å². The molecule has 6 nitrogen and oxygen atoms in total. The molecule has 0 aliphatic carbocycles. The van der Waals surface area contributed by atoms with Crippen LogP contribution in [0.2, 0.25) is 0 Å². The number of ether oxygens (including phenoxy) is 1. The number of aromatic nitrogens is 2. The van der Waals surface area contributed by atoms with Crippen molar-refractivity contribution in [3.05, 3.63) is 143 Å². The molecule has 0 spiro atoms.